The van der Waals surface area contributed by atoms with Crippen molar-refractivity contribution in [1.82, 2.24) is 15.5 Å². The number of benzene rings is 1. The SMILES string of the molecule is CC1(C)CC1C(=O)NC1CCCC[C@H]1N1Cc2ccc(C(=N)NC(=O)C(F)(F)F)cc2C1=O. The molecule has 0 saturated heterocycles. The summed E-state index contributed by atoms with van der Waals surface area (Å²) in [5.41, 5.74) is 1.04. The molecule has 2 aliphatic carbocycles. The number of rotatable bonds is 4. The summed E-state index contributed by atoms with van der Waals surface area (Å²) < 4.78 is 37.5. The number of halogens is 3. The van der Waals surface area contributed by atoms with Crippen LogP contribution in [0.3, 0.4) is 0 Å². The average molecular weight is 464 g/mol. The molecule has 1 aromatic rings. The first-order valence-electron chi connectivity index (χ1n) is 11.1. The van der Waals surface area contributed by atoms with E-state index in [0.29, 0.717) is 17.7 Å². The molecule has 3 amide bonds. The van der Waals surface area contributed by atoms with Crippen molar-refractivity contribution < 1.29 is 27.6 Å². The van der Waals surface area contributed by atoms with Crippen LogP contribution in [0.4, 0.5) is 13.2 Å². The Bertz CT molecular complexity index is 1020. The summed E-state index contributed by atoms with van der Waals surface area (Å²) >= 11 is 0. The van der Waals surface area contributed by atoms with Crippen molar-refractivity contribution >= 4 is 23.6 Å². The number of nitrogens with one attached hydrogen (secondary N) is 3. The van der Waals surface area contributed by atoms with E-state index in [1.807, 2.05) is 0 Å². The fraction of sp³-hybridized carbons (Fsp3) is 0.565. The molecule has 0 aromatic heterocycles. The lowest BCUT2D eigenvalue weighted by Crippen LogP contribution is -2.53. The van der Waals surface area contributed by atoms with Crippen molar-refractivity contribution in [1.29, 1.82) is 5.41 Å². The molecule has 2 saturated carbocycles. The largest absolute Gasteiger partial charge is 0.471 e. The van der Waals surface area contributed by atoms with Crippen LogP contribution in [-0.4, -0.2) is 46.7 Å². The molecule has 1 heterocycles. The third kappa shape index (κ3) is 4.60. The van der Waals surface area contributed by atoms with E-state index in [1.54, 1.807) is 11.0 Å². The predicted octanol–water partition coefficient (Wildman–Crippen LogP) is 3.12. The van der Waals surface area contributed by atoms with E-state index in [4.69, 9.17) is 5.41 Å². The molecule has 0 spiro atoms. The van der Waals surface area contributed by atoms with Gasteiger partial charge in [0.1, 0.15) is 5.84 Å². The number of fused-ring (bicyclic) bond motifs is 1. The maximum atomic E-state index is 13.2. The summed E-state index contributed by atoms with van der Waals surface area (Å²) in [6.07, 6.45) is -0.821. The minimum atomic E-state index is -5.11. The average Bonchev–Trinajstić information content (AvgIpc) is 3.27. The molecule has 3 aliphatic rings. The second-order valence-electron chi connectivity index (χ2n) is 9.84. The van der Waals surface area contributed by atoms with Gasteiger partial charge in [0.05, 0.1) is 6.04 Å². The Labute approximate surface area is 189 Å². The van der Waals surface area contributed by atoms with Crippen LogP contribution in [0, 0.1) is 16.7 Å². The molecule has 178 valence electrons. The van der Waals surface area contributed by atoms with E-state index in [-0.39, 0.29) is 40.8 Å². The minimum absolute atomic E-state index is 0.00738. The number of hydrogen-bond donors (Lipinski definition) is 3. The molecule has 0 bridgehead atoms. The molecule has 7 nitrogen and oxygen atoms in total. The van der Waals surface area contributed by atoms with Crippen molar-refractivity contribution in [2.45, 2.75) is 70.8 Å². The minimum Gasteiger partial charge on any atom is -0.351 e. The van der Waals surface area contributed by atoms with Crippen LogP contribution in [0.5, 0.6) is 0 Å². The van der Waals surface area contributed by atoms with Crippen molar-refractivity contribution in [3.05, 3.63) is 34.9 Å². The first-order valence-corrected chi connectivity index (χ1v) is 11.1. The van der Waals surface area contributed by atoms with E-state index < -0.39 is 17.9 Å². The summed E-state index contributed by atoms with van der Waals surface area (Å²) in [5, 5.41) is 12.5. The summed E-state index contributed by atoms with van der Waals surface area (Å²) in [7, 11) is 0. The van der Waals surface area contributed by atoms with Crippen LogP contribution in [0.25, 0.3) is 0 Å². The lowest BCUT2D eigenvalue weighted by molar-refractivity contribution is -0.171. The molecule has 4 rings (SSSR count). The Balaban J connectivity index is 1.47. The van der Waals surface area contributed by atoms with E-state index >= 15 is 0 Å². The first-order chi connectivity index (χ1) is 15.4. The van der Waals surface area contributed by atoms with Gasteiger partial charge in [-0.2, -0.15) is 13.2 Å². The standard InChI is InChI=1S/C23H27F3N4O3/c1-22(2)10-15(22)19(31)28-16-5-3-4-6-17(16)30-11-13-8-7-12(9-14(13)20(30)32)18(27)29-21(33)23(24,25)26/h7-9,15-17H,3-6,10-11H2,1-2H3,(H,28,31)(H2,27,29,33)/t15?,16?,17-/m1/s1. The second-order valence-corrected chi connectivity index (χ2v) is 9.84. The van der Waals surface area contributed by atoms with E-state index in [2.05, 4.69) is 19.2 Å². The Morgan fingerprint density at radius 3 is 2.48 bits per heavy atom. The molecule has 10 heteroatoms. The molecule has 1 aromatic carbocycles. The van der Waals surface area contributed by atoms with Gasteiger partial charge >= 0.3 is 12.1 Å². The van der Waals surface area contributed by atoms with Crippen LogP contribution in [-0.2, 0) is 16.1 Å². The quantitative estimate of drug-likeness (QED) is 0.471. The van der Waals surface area contributed by atoms with Crippen LogP contribution >= 0.6 is 0 Å². The lowest BCUT2D eigenvalue weighted by Gasteiger charge is -2.38. The number of carbonyl (C=O) groups is 3. The zero-order valence-corrected chi connectivity index (χ0v) is 18.5. The van der Waals surface area contributed by atoms with Gasteiger partial charge < -0.3 is 15.5 Å². The van der Waals surface area contributed by atoms with Gasteiger partial charge in [0.2, 0.25) is 5.91 Å². The number of alkyl halides is 3. The summed E-state index contributed by atoms with van der Waals surface area (Å²) in [4.78, 5) is 38.7. The van der Waals surface area contributed by atoms with E-state index in [9.17, 15) is 27.6 Å². The molecule has 1 aliphatic heterocycles. The lowest BCUT2D eigenvalue weighted by atomic mass is 9.89. The third-order valence-corrected chi connectivity index (χ3v) is 7.01. The highest BCUT2D eigenvalue weighted by Gasteiger charge is 2.51. The van der Waals surface area contributed by atoms with Crippen LogP contribution in [0.1, 0.15) is 67.4 Å². The second kappa shape index (κ2) is 8.14. The molecule has 2 unspecified atom stereocenters. The normalized spacial score (nSPS) is 25.9. The highest BCUT2D eigenvalue weighted by molar-refractivity contribution is 6.09. The Kier molecular flexibility index (Phi) is 5.74. The van der Waals surface area contributed by atoms with Gasteiger partial charge in [0, 0.05) is 29.6 Å². The maximum Gasteiger partial charge on any atom is 0.471 e. The molecular formula is C23H27F3N4O3. The molecule has 3 atom stereocenters. The smallest absolute Gasteiger partial charge is 0.351 e. The van der Waals surface area contributed by atoms with E-state index in [1.165, 1.54) is 17.4 Å². The number of carbonyl (C=O) groups excluding carboxylic acids is 3. The maximum absolute atomic E-state index is 13.2. The fourth-order valence-corrected chi connectivity index (χ4v) is 4.85. The fourth-order valence-electron chi connectivity index (χ4n) is 4.85. The molecular weight excluding hydrogens is 437 g/mol. The number of amidine groups is 1. The topological polar surface area (TPSA) is 102 Å². The number of nitrogens with zero attached hydrogens (tertiary/aromatic N) is 1. The molecule has 33 heavy (non-hydrogen) atoms. The van der Waals surface area contributed by atoms with Gasteiger partial charge in [-0.05, 0) is 36.3 Å². The predicted molar refractivity (Wildman–Crippen MR) is 113 cm³/mol. The van der Waals surface area contributed by atoms with Gasteiger partial charge in [-0.15, -0.1) is 0 Å². The Morgan fingerprint density at radius 1 is 1.18 bits per heavy atom. The third-order valence-electron chi connectivity index (χ3n) is 7.01. The van der Waals surface area contributed by atoms with Gasteiger partial charge in [0.15, 0.2) is 0 Å². The highest BCUT2D eigenvalue weighted by Crippen LogP contribution is 2.51. The summed E-state index contributed by atoms with van der Waals surface area (Å²) in [6.45, 7) is 4.45. The zero-order chi connectivity index (χ0) is 24.1. The molecule has 0 radical (unpaired) electrons. The van der Waals surface area contributed by atoms with Crippen LogP contribution < -0.4 is 10.6 Å². The van der Waals surface area contributed by atoms with Crippen molar-refractivity contribution in [2.75, 3.05) is 0 Å². The highest BCUT2D eigenvalue weighted by atomic mass is 19.4. The van der Waals surface area contributed by atoms with E-state index in [0.717, 1.165) is 32.1 Å². The van der Waals surface area contributed by atoms with Gasteiger partial charge in [-0.1, -0.05) is 38.8 Å². The number of amides is 3. The number of hydrogen-bond acceptors (Lipinski definition) is 4. The first kappa shape index (κ1) is 23.3. The van der Waals surface area contributed by atoms with Gasteiger partial charge in [-0.25, -0.2) is 0 Å². The molecule has 3 N–H and O–H groups in total. The summed E-state index contributed by atoms with van der Waals surface area (Å²) in [6, 6.07) is 4.05. The summed E-state index contributed by atoms with van der Waals surface area (Å²) in [5.74, 6) is -3.22. The van der Waals surface area contributed by atoms with Crippen LogP contribution in [0.15, 0.2) is 18.2 Å². The van der Waals surface area contributed by atoms with Crippen molar-refractivity contribution in [3.8, 4) is 0 Å². The van der Waals surface area contributed by atoms with Crippen LogP contribution in [0.2, 0.25) is 0 Å². The Hall–Kier alpha value is -2.91. The zero-order valence-electron chi connectivity index (χ0n) is 18.5. The molecule has 2 fully saturated rings. The van der Waals surface area contributed by atoms with Gasteiger partial charge in [-0.3, -0.25) is 19.8 Å². The monoisotopic (exact) mass is 464 g/mol. The van der Waals surface area contributed by atoms with Crippen molar-refractivity contribution in [2.24, 2.45) is 11.3 Å². The van der Waals surface area contributed by atoms with Crippen molar-refractivity contribution in [3.63, 3.8) is 0 Å². The van der Waals surface area contributed by atoms with Gasteiger partial charge in [0.25, 0.3) is 5.91 Å². The Morgan fingerprint density at radius 2 is 1.85 bits per heavy atom.